The highest BCUT2D eigenvalue weighted by atomic mass is 16.6. The van der Waals surface area contributed by atoms with Gasteiger partial charge in [-0.1, -0.05) is 13.0 Å². The van der Waals surface area contributed by atoms with E-state index in [0.717, 1.165) is 12.0 Å². The highest BCUT2D eigenvalue weighted by molar-refractivity contribution is 5.49. The van der Waals surface area contributed by atoms with Gasteiger partial charge in [-0.15, -0.1) is 0 Å². The summed E-state index contributed by atoms with van der Waals surface area (Å²) in [5.41, 5.74) is 6.85. The molecular weight excluding hydrogens is 220 g/mol. The molecule has 0 heterocycles. The van der Waals surface area contributed by atoms with Crippen molar-refractivity contribution < 1.29 is 9.66 Å². The van der Waals surface area contributed by atoms with Crippen LogP contribution in [0.5, 0.6) is 5.75 Å². The van der Waals surface area contributed by atoms with Crippen molar-refractivity contribution in [3.63, 3.8) is 0 Å². The van der Waals surface area contributed by atoms with Gasteiger partial charge in [-0.3, -0.25) is 10.1 Å². The Morgan fingerprint density at radius 3 is 2.59 bits per heavy atom. The molecule has 0 saturated heterocycles. The highest BCUT2D eigenvalue weighted by Crippen LogP contribution is 2.32. The lowest BCUT2D eigenvalue weighted by atomic mass is 9.90. The summed E-state index contributed by atoms with van der Waals surface area (Å²) in [5.74, 6) is 0.469. The maximum Gasteiger partial charge on any atom is 0.310 e. The fraction of sp³-hybridized carbons (Fsp3) is 0.500. The van der Waals surface area contributed by atoms with Crippen LogP contribution in [0, 0.1) is 10.1 Å². The number of ether oxygens (including phenoxy) is 1. The van der Waals surface area contributed by atoms with Crippen LogP contribution < -0.4 is 10.5 Å². The molecule has 0 aliphatic carbocycles. The zero-order chi connectivity index (χ0) is 13.0. The number of benzene rings is 1. The summed E-state index contributed by atoms with van der Waals surface area (Å²) in [6.07, 6.45) is 0.888. The highest BCUT2D eigenvalue weighted by Gasteiger charge is 2.19. The minimum atomic E-state index is -0.449. The molecule has 0 radical (unpaired) electrons. The molecule has 0 spiro atoms. The number of nitro benzene ring substituents is 1. The molecule has 17 heavy (non-hydrogen) atoms. The van der Waals surface area contributed by atoms with E-state index in [9.17, 15) is 10.1 Å². The van der Waals surface area contributed by atoms with Gasteiger partial charge in [0.05, 0.1) is 12.0 Å². The van der Waals surface area contributed by atoms with E-state index in [0.29, 0.717) is 0 Å². The quantitative estimate of drug-likeness (QED) is 0.631. The molecule has 0 fully saturated rings. The average Bonchev–Trinajstić information content (AvgIpc) is 2.28. The minimum absolute atomic E-state index is 0.00571. The SMILES string of the molecule is CCC(c1ccc([N+](=O)[O-])c(OC)c1)C(C)N. The lowest BCUT2D eigenvalue weighted by Gasteiger charge is -2.19. The van der Waals surface area contributed by atoms with E-state index < -0.39 is 4.92 Å². The smallest absolute Gasteiger partial charge is 0.310 e. The van der Waals surface area contributed by atoms with Crippen LogP contribution in [-0.2, 0) is 0 Å². The Morgan fingerprint density at radius 2 is 2.18 bits per heavy atom. The molecule has 0 saturated carbocycles. The first-order chi connectivity index (χ1) is 8.01. The van der Waals surface area contributed by atoms with Crippen molar-refractivity contribution in [2.45, 2.75) is 32.2 Å². The van der Waals surface area contributed by atoms with Crippen molar-refractivity contribution >= 4 is 5.69 Å². The van der Waals surface area contributed by atoms with E-state index in [1.807, 2.05) is 13.8 Å². The molecule has 2 N–H and O–H groups in total. The second kappa shape index (κ2) is 5.63. The standard InChI is InChI=1S/C12H18N2O3/c1-4-10(8(2)13)9-5-6-11(14(15)16)12(7-9)17-3/h5-8,10H,4,13H2,1-3H3. The maximum absolute atomic E-state index is 10.8. The summed E-state index contributed by atoms with van der Waals surface area (Å²) in [6.45, 7) is 3.98. The number of hydrogen-bond donors (Lipinski definition) is 1. The zero-order valence-corrected chi connectivity index (χ0v) is 10.3. The second-order valence-electron chi connectivity index (χ2n) is 4.06. The van der Waals surface area contributed by atoms with Crippen LogP contribution in [0.2, 0.25) is 0 Å². The van der Waals surface area contributed by atoms with Gasteiger partial charge in [0.1, 0.15) is 0 Å². The predicted octanol–water partition coefficient (Wildman–Crippen LogP) is 2.44. The van der Waals surface area contributed by atoms with Crippen LogP contribution in [0.25, 0.3) is 0 Å². The van der Waals surface area contributed by atoms with E-state index in [2.05, 4.69) is 0 Å². The third-order valence-corrected chi connectivity index (χ3v) is 2.90. The molecule has 1 aromatic rings. The first-order valence-electron chi connectivity index (χ1n) is 5.59. The van der Waals surface area contributed by atoms with Gasteiger partial charge in [0.15, 0.2) is 5.75 Å². The summed E-state index contributed by atoms with van der Waals surface area (Å²) in [6, 6.07) is 4.93. The van der Waals surface area contributed by atoms with Gasteiger partial charge >= 0.3 is 5.69 Å². The van der Waals surface area contributed by atoms with Crippen LogP contribution in [0.4, 0.5) is 5.69 Å². The fourth-order valence-corrected chi connectivity index (χ4v) is 1.99. The number of rotatable bonds is 5. The van der Waals surface area contributed by atoms with Crippen LogP contribution >= 0.6 is 0 Å². The van der Waals surface area contributed by atoms with Crippen LogP contribution in [0.15, 0.2) is 18.2 Å². The third-order valence-electron chi connectivity index (χ3n) is 2.90. The van der Waals surface area contributed by atoms with E-state index in [4.69, 9.17) is 10.5 Å². The van der Waals surface area contributed by atoms with E-state index in [1.54, 1.807) is 12.1 Å². The monoisotopic (exact) mass is 238 g/mol. The van der Waals surface area contributed by atoms with Gasteiger partial charge in [-0.2, -0.15) is 0 Å². The molecule has 1 rings (SSSR count). The number of nitrogens with two attached hydrogens (primary N) is 1. The third kappa shape index (κ3) is 2.94. The number of methoxy groups -OCH3 is 1. The topological polar surface area (TPSA) is 78.4 Å². The van der Waals surface area contributed by atoms with E-state index in [1.165, 1.54) is 13.2 Å². The minimum Gasteiger partial charge on any atom is -0.490 e. The van der Waals surface area contributed by atoms with Gasteiger partial charge in [0.2, 0.25) is 0 Å². The van der Waals surface area contributed by atoms with Crippen LogP contribution in [0.3, 0.4) is 0 Å². The van der Waals surface area contributed by atoms with Gasteiger partial charge in [0.25, 0.3) is 0 Å². The summed E-state index contributed by atoms with van der Waals surface area (Å²) in [5, 5.41) is 10.8. The van der Waals surface area contributed by atoms with Crippen molar-refractivity contribution in [3.8, 4) is 5.75 Å². The maximum atomic E-state index is 10.8. The Hall–Kier alpha value is -1.62. The second-order valence-corrected chi connectivity index (χ2v) is 4.06. The van der Waals surface area contributed by atoms with Crippen molar-refractivity contribution in [3.05, 3.63) is 33.9 Å². The first-order valence-corrected chi connectivity index (χ1v) is 5.59. The molecule has 0 aliphatic heterocycles. The van der Waals surface area contributed by atoms with Gasteiger partial charge in [0, 0.05) is 12.1 Å². The Kier molecular flexibility index (Phi) is 4.45. The fourth-order valence-electron chi connectivity index (χ4n) is 1.99. The van der Waals surface area contributed by atoms with Crippen molar-refractivity contribution in [2.75, 3.05) is 7.11 Å². The van der Waals surface area contributed by atoms with Gasteiger partial charge in [-0.25, -0.2) is 0 Å². The van der Waals surface area contributed by atoms with Crippen molar-refractivity contribution in [1.29, 1.82) is 0 Å². The van der Waals surface area contributed by atoms with Crippen LogP contribution in [0.1, 0.15) is 31.7 Å². The molecular formula is C12H18N2O3. The number of nitrogens with zero attached hydrogens (tertiary/aromatic N) is 1. The molecule has 2 atom stereocenters. The Labute approximate surface area is 101 Å². The average molecular weight is 238 g/mol. The first kappa shape index (κ1) is 13.4. The molecule has 0 aliphatic rings. The molecule has 0 bridgehead atoms. The summed E-state index contributed by atoms with van der Waals surface area (Å²) < 4.78 is 5.04. The molecule has 1 aromatic carbocycles. The molecule has 0 amide bonds. The lowest BCUT2D eigenvalue weighted by Crippen LogP contribution is -2.24. The molecule has 94 valence electrons. The van der Waals surface area contributed by atoms with Crippen LogP contribution in [-0.4, -0.2) is 18.1 Å². The molecule has 0 aromatic heterocycles. The molecule has 5 heteroatoms. The Balaban J connectivity index is 3.16. The summed E-state index contributed by atoms with van der Waals surface area (Å²) in [7, 11) is 1.43. The van der Waals surface area contributed by atoms with Gasteiger partial charge in [-0.05, 0) is 30.9 Å². The molecule has 5 nitrogen and oxygen atoms in total. The number of hydrogen-bond acceptors (Lipinski definition) is 4. The lowest BCUT2D eigenvalue weighted by molar-refractivity contribution is -0.385. The molecule has 2 unspecified atom stereocenters. The normalized spacial score (nSPS) is 14.1. The Morgan fingerprint density at radius 1 is 1.53 bits per heavy atom. The van der Waals surface area contributed by atoms with Crippen molar-refractivity contribution in [1.82, 2.24) is 0 Å². The van der Waals surface area contributed by atoms with Gasteiger partial charge < -0.3 is 10.5 Å². The zero-order valence-electron chi connectivity index (χ0n) is 10.3. The number of nitro groups is 1. The van der Waals surface area contributed by atoms with E-state index >= 15 is 0 Å². The Bertz CT molecular complexity index is 405. The van der Waals surface area contributed by atoms with E-state index in [-0.39, 0.29) is 23.4 Å². The predicted molar refractivity (Wildman–Crippen MR) is 66.3 cm³/mol. The summed E-state index contributed by atoms with van der Waals surface area (Å²) >= 11 is 0. The largest absolute Gasteiger partial charge is 0.490 e. The summed E-state index contributed by atoms with van der Waals surface area (Å²) in [4.78, 5) is 10.3. The van der Waals surface area contributed by atoms with Crippen molar-refractivity contribution in [2.24, 2.45) is 5.73 Å².